The van der Waals surface area contributed by atoms with E-state index in [1.165, 1.54) is 17.3 Å². The lowest BCUT2D eigenvalue weighted by molar-refractivity contribution is 0.355. The largest absolute Gasteiger partial charge is 0.493 e. The second-order valence-corrected chi connectivity index (χ2v) is 8.94. The molecule has 0 saturated heterocycles. The van der Waals surface area contributed by atoms with Crippen molar-refractivity contribution < 1.29 is 13.9 Å². The molecule has 0 spiro atoms. The van der Waals surface area contributed by atoms with E-state index in [4.69, 9.17) is 18.9 Å². The van der Waals surface area contributed by atoms with Crippen LogP contribution in [0.2, 0.25) is 0 Å². The fourth-order valence-corrected chi connectivity index (χ4v) is 4.58. The Balaban J connectivity index is 1.41. The smallest absolute Gasteiger partial charge is 0.277 e. The molecule has 0 unspecified atom stereocenters. The molecule has 31 heavy (non-hydrogen) atoms. The van der Waals surface area contributed by atoms with Crippen LogP contribution in [0.15, 0.2) is 57.5 Å². The Morgan fingerprint density at radius 1 is 0.968 bits per heavy atom. The first kappa shape index (κ1) is 21.4. The van der Waals surface area contributed by atoms with Crippen molar-refractivity contribution in [3.8, 4) is 33.5 Å². The fourth-order valence-electron chi connectivity index (χ4n) is 3.01. The second-order valence-electron chi connectivity index (χ2n) is 7.15. The molecule has 0 aliphatic rings. The van der Waals surface area contributed by atoms with Crippen LogP contribution < -0.4 is 9.47 Å². The van der Waals surface area contributed by atoms with Gasteiger partial charge in [0.1, 0.15) is 5.01 Å². The number of methoxy groups -OCH3 is 2. The van der Waals surface area contributed by atoms with Crippen molar-refractivity contribution in [1.29, 1.82) is 0 Å². The summed E-state index contributed by atoms with van der Waals surface area (Å²) < 4.78 is 16.5. The molecule has 0 aliphatic heterocycles. The third-order valence-corrected chi connectivity index (χ3v) is 6.55. The van der Waals surface area contributed by atoms with E-state index in [0.717, 1.165) is 21.8 Å². The Morgan fingerprint density at radius 3 is 2.42 bits per heavy atom. The van der Waals surface area contributed by atoms with Crippen molar-refractivity contribution in [3.63, 3.8) is 0 Å². The van der Waals surface area contributed by atoms with Crippen LogP contribution in [-0.4, -0.2) is 29.4 Å². The van der Waals surface area contributed by atoms with E-state index in [0.29, 0.717) is 34.3 Å². The van der Waals surface area contributed by atoms with E-state index in [9.17, 15) is 0 Å². The van der Waals surface area contributed by atoms with Gasteiger partial charge in [0.15, 0.2) is 11.5 Å². The lowest BCUT2D eigenvalue weighted by Crippen LogP contribution is -1.90. The van der Waals surface area contributed by atoms with E-state index < -0.39 is 0 Å². The minimum absolute atomic E-state index is 0.491. The van der Waals surface area contributed by atoms with Gasteiger partial charge in [-0.15, -0.1) is 21.5 Å². The van der Waals surface area contributed by atoms with Gasteiger partial charge in [-0.25, -0.2) is 4.98 Å². The number of ether oxygens (including phenoxy) is 2. The van der Waals surface area contributed by atoms with Crippen LogP contribution in [0.1, 0.15) is 31.0 Å². The summed E-state index contributed by atoms with van der Waals surface area (Å²) in [6.45, 7) is 4.34. The van der Waals surface area contributed by atoms with Crippen molar-refractivity contribution in [2.24, 2.45) is 0 Å². The van der Waals surface area contributed by atoms with E-state index in [1.54, 1.807) is 25.6 Å². The molecule has 0 fully saturated rings. The summed E-state index contributed by atoms with van der Waals surface area (Å²) in [6.07, 6.45) is 0. The molecule has 0 saturated carbocycles. The number of thiazole rings is 1. The first-order chi connectivity index (χ1) is 15.1. The normalized spacial score (nSPS) is 11.1. The van der Waals surface area contributed by atoms with Gasteiger partial charge in [0.2, 0.25) is 5.89 Å². The summed E-state index contributed by atoms with van der Waals surface area (Å²) in [6, 6.07) is 14.0. The zero-order chi connectivity index (χ0) is 21.8. The second kappa shape index (κ2) is 9.53. The molecule has 2 heterocycles. The predicted octanol–water partition coefficient (Wildman–Crippen LogP) is 6.29. The topological polar surface area (TPSA) is 70.3 Å². The van der Waals surface area contributed by atoms with Gasteiger partial charge in [-0.2, -0.15) is 0 Å². The summed E-state index contributed by atoms with van der Waals surface area (Å²) in [7, 11) is 3.25. The number of hydrogen-bond acceptors (Lipinski definition) is 8. The van der Waals surface area contributed by atoms with Crippen LogP contribution in [0, 0.1) is 0 Å². The summed E-state index contributed by atoms with van der Waals surface area (Å²) in [5.74, 6) is 3.06. The molecule has 0 bridgehead atoms. The predicted molar refractivity (Wildman–Crippen MR) is 124 cm³/mol. The maximum absolute atomic E-state index is 5.82. The van der Waals surface area contributed by atoms with Crippen LogP contribution in [0.3, 0.4) is 0 Å². The Hall–Kier alpha value is -2.84. The standard InChI is InChI=1S/C23H23N3O3S2/c1-14(2)15-5-7-16(8-6-15)21-25-26-23(29-21)31-13-18-12-30-22(24-18)17-9-10-19(27-3)20(11-17)28-4/h5-12,14H,13H2,1-4H3. The van der Waals surface area contributed by atoms with Crippen molar-refractivity contribution >= 4 is 23.1 Å². The number of rotatable bonds is 8. The number of benzene rings is 2. The molecule has 6 nitrogen and oxygen atoms in total. The quantitative estimate of drug-likeness (QED) is 0.290. The lowest BCUT2D eigenvalue weighted by Gasteiger charge is -2.08. The van der Waals surface area contributed by atoms with E-state index in [-0.39, 0.29) is 0 Å². The monoisotopic (exact) mass is 453 g/mol. The molecule has 2 aromatic heterocycles. The van der Waals surface area contributed by atoms with Gasteiger partial charge in [0.05, 0.1) is 19.9 Å². The molecule has 0 radical (unpaired) electrons. The summed E-state index contributed by atoms with van der Waals surface area (Å²) in [5, 5.41) is 11.8. The molecular weight excluding hydrogens is 430 g/mol. The molecule has 0 atom stereocenters. The first-order valence-electron chi connectivity index (χ1n) is 9.81. The highest BCUT2D eigenvalue weighted by Gasteiger charge is 2.13. The van der Waals surface area contributed by atoms with Crippen molar-refractivity contribution in [2.45, 2.75) is 30.7 Å². The molecule has 2 aromatic carbocycles. The zero-order valence-corrected chi connectivity index (χ0v) is 19.4. The minimum atomic E-state index is 0.491. The third kappa shape index (κ3) is 4.91. The minimum Gasteiger partial charge on any atom is -0.493 e. The van der Waals surface area contributed by atoms with Gasteiger partial charge in [0.25, 0.3) is 5.22 Å². The highest BCUT2D eigenvalue weighted by atomic mass is 32.2. The van der Waals surface area contributed by atoms with Crippen LogP contribution in [0.5, 0.6) is 11.5 Å². The molecule has 4 aromatic rings. The molecule has 160 valence electrons. The SMILES string of the molecule is COc1ccc(-c2nc(CSc3nnc(-c4ccc(C(C)C)cc4)o3)cs2)cc1OC. The van der Waals surface area contributed by atoms with Crippen molar-refractivity contribution in [1.82, 2.24) is 15.2 Å². The Morgan fingerprint density at radius 2 is 1.71 bits per heavy atom. The molecule has 0 amide bonds. The Labute approximate surface area is 189 Å². The lowest BCUT2D eigenvalue weighted by atomic mass is 10.0. The van der Waals surface area contributed by atoms with Crippen LogP contribution in [-0.2, 0) is 5.75 Å². The van der Waals surface area contributed by atoms with Gasteiger partial charge >= 0.3 is 0 Å². The van der Waals surface area contributed by atoms with Crippen LogP contribution in [0.4, 0.5) is 0 Å². The Bertz CT molecular complexity index is 1150. The molecule has 0 aliphatic carbocycles. The van der Waals surface area contributed by atoms with Gasteiger partial charge in [0, 0.05) is 22.3 Å². The summed E-state index contributed by atoms with van der Waals surface area (Å²) >= 11 is 3.07. The maximum Gasteiger partial charge on any atom is 0.277 e. The third-order valence-electron chi connectivity index (χ3n) is 4.76. The zero-order valence-electron chi connectivity index (χ0n) is 17.8. The average Bonchev–Trinajstić information content (AvgIpc) is 3.47. The van der Waals surface area contributed by atoms with E-state index in [2.05, 4.69) is 36.2 Å². The summed E-state index contributed by atoms with van der Waals surface area (Å²) in [5.41, 5.74) is 4.16. The van der Waals surface area contributed by atoms with Crippen LogP contribution in [0.25, 0.3) is 22.0 Å². The average molecular weight is 454 g/mol. The number of hydrogen-bond donors (Lipinski definition) is 0. The van der Waals surface area contributed by atoms with E-state index >= 15 is 0 Å². The first-order valence-corrected chi connectivity index (χ1v) is 11.7. The molecule has 8 heteroatoms. The molecular formula is C23H23N3O3S2. The van der Waals surface area contributed by atoms with Crippen molar-refractivity contribution in [2.75, 3.05) is 14.2 Å². The van der Waals surface area contributed by atoms with Gasteiger partial charge in [-0.1, -0.05) is 37.7 Å². The van der Waals surface area contributed by atoms with Gasteiger partial charge in [-0.3, -0.25) is 0 Å². The molecule has 4 rings (SSSR count). The highest BCUT2D eigenvalue weighted by molar-refractivity contribution is 7.98. The Kier molecular flexibility index (Phi) is 6.58. The number of thioether (sulfide) groups is 1. The van der Waals surface area contributed by atoms with E-state index in [1.807, 2.05) is 35.7 Å². The van der Waals surface area contributed by atoms with Crippen LogP contribution >= 0.6 is 23.1 Å². The maximum atomic E-state index is 5.82. The van der Waals surface area contributed by atoms with Gasteiger partial charge in [-0.05, 0) is 41.8 Å². The summed E-state index contributed by atoms with van der Waals surface area (Å²) in [4.78, 5) is 4.73. The van der Waals surface area contributed by atoms with Gasteiger partial charge < -0.3 is 13.9 Å². The highest BCUT2D eigenvalue weighted by Crippen LogP contribution is 2.34. The molecule has 0 N–H and O–H groups in total. The number of nitrogens with zero attached hydrogens (tertiary/aromatic N) is 3. The number of aromatic nitrogens is 3. The van der Waals surface area contributed by atoms with Crippen molar-refractivity contribution in [3.05, 3.63) is 59.1 Å². The fraction of sp³-hybridized carbons (Fsp3) is 0.261.